The standard InChI is InChI=1S/C15H21BrFN/c1-2-9-18-15(8-5-11-3-4-11)13-10-12(17)6-7-14(13)16/h6-7,10-11,15,18H,2-5,8-9H2,1H3. The largest absolute Gasteiger partial charge is 0.310 e. The number of rotatable bonds is 7. The van der Waals surface area contributed by atoms with Gasteiger partial charge in [0.15, 0.2) is 0 Å². The fraction of sp³-hybridized carbons (Fsp3) is 0.600. The van der Waals surface area contributed by atoms with Gasteiger partial charge >= 0.3 is 0 Å². The molecule has 1 aliphatic rings. The number of benzene rings is 1. The van der Waals surface area contributed by atoms with Gasteiger partial charge in [-0.2, -0.15) is 0 Å². The summed E-state index contributed by atoms with van der Waals surface area (Å²) in [7, 11) is 0. The highest BCUT2D eigenvalue weighted by atomic mass is 79.9. The Morgan fingerprint density at radius 1 is 1.44 bits per heavy atom. The van der Waals surface area contributed by atoms with E-state index >= 15 is 0 Å². The van der Waals surface area contributed by atoms with Crippen molar-refractivity contribution < 1.29 is 4.39 Å². The van der Waals surface area contributed by atoms with E-state index in [-0.39, 0.29) is 11.9 Å². The first-order valence-corrected chi connectivity index (χ1v) is 7.68. The lowest BCUT2D eigenvalue weighted by Crippen LogP contribution is -2.22. The molecule has 100 valence electrons. The summed E-state index contributed by atoms with van der Waals surface area (Å²) in [6, 6.07) is 5.24. The van der Waals surface area contributed by atoms with E-state index in [4.69, 9.17) is 0 Å². The lowest BCUT2D eigenvalue weighted by Gasteiger charge is -2.20. The van der Waals surface area contributed by atoms with Crippen LogP contribution in [0.4, 0.5) is 4.39 Å². The van der Waals surface area contributed by atoms with Crippen LogP contribution in [0.2, 0.25) is 0 Å². The zero-order chi connectivity index (χ0) is 13.0. The van der Waals surface area contributed by atoms with Gasteiger partial charge < -0.3 is 5.32 Å². The molecule has 2 rings (SSSR count). The summed E-state index contributed by atoms with van der Waals surface area (Å²) in [5.74, 6) is 0.770. The predicted octanol–water partition coefficient (Wildman–Crippen LogP) is 4.82. The monoisotopic (exact) mass is 313 g/mol. The van der Waals surface area contributed by atoms with E-state index in [0.717, 1.165) is 35.3 Å². The molecule has 1 saturated carbocycles. The number of halogens is 2. The molecule has 1 aromatic carbocycles. The molecule has 1 unspecified atom stereocenters. The summed E-state index contributed by atoms with van der Waals surface area (Å²) in [5, 5.41) is 3.54. The van der Waals surface area contributed by atoms with Crippen molar-refractivity contribution in [2.45, 2.75) is 45.1 Å². The molecule has 0 saturated heterocycles. The molecule has 0 heterocycles. The lowest BCUT2D eigenvalue weighted by molar-refractivity contribution is 0.466. The summed E-state index contributed by atoms with van der Waals surface area (Å²) in [4.78, 5) is 0. The Bertz CT molecular complexity index is 390. The van der Waals surface area contributed by atoms with Crippen molar-refractivity contribution >= 4 is 15.9 Å². The molecule has 1 atom stereocenters. The van der Waals surface area contributed by atoms with Crippen molar-refractivity contribution in [3.8, 4) is 0 Å². The maximum Gasteiger partial charge on any atom is 0.123 e. The van der Waals surface area contributed by atoms with Gasteiger partial charge in [0.25, 0.3) is 0 Å². The average molecular weight is 314 g/mol. The second kappa shape index (κ2) is 6.67. The maximum absolute atomic E-state index is 13.4. The van der Waals surface area contributed by atoms with Crippen molar-refractivity contribution in [3.63, 3.8) is 0 Å². The second-order valence-corrected chi connectivity index (χ2v) is 6.05. The zero-order valence-electron chi connectivity index (χ0n) is 10.9. The van der Waals surface area contributed by atoms with Crippen LogP contribution in [-0.4, -0.2) is 6.54 Å². The Labute approximate surface area is 117 Å². The van der Waals surface area contributed by atoms with Crippen LogP contribution in [0.15, 0.2) is 22.7 Å². The first-order valence-electron chi connectivity index (χ1n) is 6.89. The SMILES string of the molecule is CCCNC(CCC1CC1)c1cc(F)ccc1Br. The van der Waals surface area contributed by atoms with Crippen LogP contribution in [-0.2, 0) is 0 Å². The van der Waals surface area contributed by atoms with Crippen LogP contribution in [0, 0.1) is 11.7 Å². The Morgan fingerprint density at radius 2 is 2.22 bits per heavy atom. The highest BCUT2D eigenvalue weighted by molar-refractivity contribution is 9.10. The summed E-state index contributed by atoms with van der Waals surface area (Å²) >= 11 is 3.54. The van der Waals surface area contributed by atoms with E-state index in [1.54, 1.807) is 6.07 Å². The molecule has 3 heteroatoms. The second-order valence-electron chi connectivity index (χ2n) is 5.19. The van der Waals surface area contributed by atoms with Gasteiger partial charge in [0, 0.05) is 10.5 Å². The van der Waals surface area contributed by atoms with Crippen LogP contribution in [0.1, 0.15) is 50.6 Å². The van der Waals surface area contributed by atoms with E-state index in [0.29, 0.717) is 0 Å². The zero-order valence-corrected chi connectivity index (χ0v) is 12.5. The quantitative estimate of drug-likeness (QED) is 0.761. The predicted molar refractivity (Wildman–Crippen MR) is 77.1 cm³/mol. The van der Waals surface area contributed by atoms with Crippen molar-refractivity contribution in [1.82, 2.24) is 5.32 Å². The first kappa shape index (κ1) is 14.0. The van der Waals surface area contributed by atoms with Crippen molar-refractivity contribution in [1.29, 1.82) is 0 Å². The maximum atomic E-state index is 13.4. The summed E-state index contributed by atoms with van der Waals surface area (Å²) in [6.45, 7) is 3.14. The lowest BCUT2D eigenvalue weighted by atomic mass is 10.00. The minimum absolute atomic E-state index is 0.150. The molecule has 0 bridgehead atoms. The molecular formula is C15H21BrFN. The van der Waals surface area contributed by atoms with Crippen molar-refractivity contribution in [3.05, 3.63) is 34.1 Å². The molecular weight excluding hydrogens is 293 g/mol. The van der Waals surface area contributed by atoms with Gasteiger partial charge in [-0.05, 0) is 55.5 Å². The van der Waals surface area contributed by atoms with Gasteiger partial charge in [-0.1, -0.05) is 35.7 Å². The van der Waals surface area contributed by atoms with Gasteiger partial charge in [-0.15, -0.1) is 0 Å². The van der Waals surface area contributed by atoms with Crippen molar-refractivity contribution in [2.75, 3.05) is 6.54 Å². The van der Waals surface area contributed by atoms with Gasteiger partial charge in [-0.25, -0.2) is 4.39 Å². The van der Waals surface area contributed by atoms with Gasteiger partial charge in [0.1, 0.15) is 5.82 Å². The summed E-state index contributed by atoms with van der Waals surface area (Å²) in [6.07, 6.45) is 6.22. The van der Waals surface area contributed by atoms with Crippen molar-refractivity contribution in [2.24, 2.45) is 5.92 Å². The van der Waals surface area contributed by atoms with E-state index in [9.17, 15) is 4.39 Å². The third kappa shape index (κ3) is 4.06. The molecule has 1 nitrogen and oxygen atoms in total. The fourth-order valence-corrected chi connectivity index (χ4v) is 2.80. The molecule has 0 aliphatic heterocycles. The average Bonchev–Trinajstić information content (AvgIpc) is 3.17. The van der Waals surface area contributed by atoms with Crippen LogP contribution >= 0.6 is 15.9 Å². The molecule has 1 fully saturated rings. The first-order chi connectivity index (χ1) is 8.70. The van der Waals surface area contributed by atoms with Gasteiger partial charge in [0.2, 0.25) is 0 Å². The minimum Gasteiger partial charge on any atom is -0.310 e. The number of hydrogen-bond donors (Lipinski definition) is 1. The number of nitrogens with one attached hydrogen (secondary N) is 1. The third-order valence-corrected chi connectivity index (χ3v) is 4.26. The van der Waals surface area contributed by atoms with E-state index in [2.05, 4.69) is 28.2 Å². The van der Waals surface area contributed by atoms with Gasteiger partial charge in [-0.3, -0.25) is 0 Å². The third-order valence-electron chi connectivity index (χ3n) is 3.53. The minimum atomic E-state index is -0.150. The molecule has 0 aromatic heterocycles. The smallest absolute Gasteiger partial charge is 0.123 e. The Balaban J connectivity index is 2.06. The molecule has 0 spiro atoms. The Hall–Kier alpha value is -0.410. The summed E-state index contributed by atoms with van der Waals surface area (Å²) < 4.78 is 14.4. The molecule has 0 amide bonds. The molecule has 1 aliphatic carbocycles. The van der Waals surface area contributed by atoms with E-state index in [1.165, 1.54) is 25.3 Å². The van der Waals surface area contributed by atoms with E-state index in [1.807, 2.05) is 6.07 Å². The molecule has 1 aromatic rings. The van der Waals surface area contributed by atoms with Crippen LogP contribution in [0.3, 0.4) is 0 Å². The molecule has 18 heavy (non-hydrogen) atoms. The Kier molecular flexibility index (Phi) is 5.19. The van der Waals surface area contributed by atoms with Crippen LogP contribution < -0.4 is 5.32 Å². The van der Waals surface area contributed by atoms with Crippen LogP contribution in [0.5, 0.6) is 0 Å². The fourth-order valence-electron chi connectivity index (χ4n) is 2.28. The normalized spacial score (nSPS) is 16.8. The topological polar surface area (TPSA) is 12.0 Å². The Morgan fingerprint density at radius 3 is 2.89 bits per heavy atom. The molecule has 1 N–H and O–H groups in total. The molecule has 0 radical (unpaired) electrons. The van der Waals surface area contributed by atoms with Gasteiger partial charge in [0.05, 0.1) is 0 Å². The summed E-state index contributed by atoms with van der Waals surface area (Å²) in [5.41, 5.74) is 1.06. The number of hydrogen-bond acceptors (Lipinski definition) is 1. The van der Waals surface area contributed by atoms with Crippen LogP contribution in [0.25, 0.3) is 0 Å². The highest BCUT2D eigenvalue weighted by Gasteiger charge is 2.23. The van der Waals surface area contributed by atoms with E-state index < -0.39 is 0 Å². The highest BCUT2D eigenvalue weighted by Crippen LogP contribution is 2.37.